The topological polar surface area (TPSA) is 65.4 Å². The standard InChI is InChI=1S/C22H28ClN7/c1-22(2,3)30-21(25-26-27-30)20(18-4-6-19(23)7-5-18)29-14-12-28(13-15-29)16-17-8-10-24-11-9-17/h4-11,20H,12-16H2,1-3H3/p+2/t20-/m1/s1. The first-order valence-electron chi connectivity index (χ1n) is 10.5. The highest BCUT2D eigenvalue weighted by Crippen LogP contribution is 2.23. The van der Waals surface area contributed by atoms with Gasteiger partial charge in [0.15, 0.2) is 6.04 Å². The van der Waals surface area contributed by atoms with Crippen LogP contribution in [-0.2, 0) is 12.1 Å². The Balaban J connectivity index is 1.57. The molecule has 0 aliphatic carbocycles. The van der Waals surface area contributed by atoms with Crippen LogP contribution in [0.3, 0.4) is 0 Å². The minimum Gasteiger partial charge on any atom is -0.322 e. The van der Waals surface area contributed by atoms with Crippen molar-refractivity contribution in [1.82, 2.24) is 25.2 Å². The average Bonchev–Trinajstić information content (AvgIpc) is 3.22. The number of nitrogens with zero attached hydrogens (tertiary/aromatic N) is 5. The number of halogens is 1. The molecule has 1 fully saturated rings. The maximum atomic E-state index is 6.17. The van der Waals surface area contributed by atoms with Gasteiger partial charge in [-0.25, -0.2) is 4.68 Å². The van der Waals surface area contributed by atoms with E-state index >= 15 is 0 Å². The third-order valence-electron chi connectivity index (χ3n) is 5.80. The normalized spacial score (nSPS) is 20.8. The summed E-state index contributed by atoms with van der Waals surface area (Å²) in [4.78, 5) is 7.23. The van der Waals surface area contributed by atoms with Crippen LogP contribution >= 0.6 is 11.6 Å². The van der Waals surface area contributed by atoms with Crippen LogP contribution in [0.2, 0.25) is 5.02 Å². The second-order valence-electron chi connectivity index (χ2n) is 9.04. The fourth-order valence-corrected chi connectivity index (χ4v) is 4.38. The van der Waals surface area contributed by atoms with Gasteiger partial charge in [-0.3, -0.25) is 4.98 Å². The molecule has 0 spiro atoms. The highest BCUT2D eigenvalue weighted by atomic mass is 35.5. The Labute approximate surface area is 182 Å². The molecule has 2 aromatic heterocycles. The number of rotatable bonds is 5. The molecule has 0 radical (unpaired) electrons. The molecule has 4 rings (SSSR count). The lowest BCUT2D eigenvalue weighted by Crippen LogP contribution is -3.27. The molecule has 8 heteroatoms. The number of quaternary nitrogens is 2. The Hall–Kier alpha value is -2.35. The van der Waals surface area contributed by atoms with Crippen molar-refractivity contribution < 1.29 is 9.80 Å². The van der Waals surface area contributed by atoms with E-state index in [0.717, 1.165) is 43.6 Å². The zero-order valence-corrected chi connectivity index (χ0v) is 18.6. The summed E-state index contributed by atoms with van der Waals surface area (Å²) in [6.45, 7) is 11.8. The predicted molar refractivity (Wildman–Crippen MR) is 115 cm³/mol. The van der Waals surface area contributed by atoms with Crippen LogP contribution in [-0.4, -0.2) is 51.4 Å². The van der Waals surface area contributed by atoms with Crippen molar-refractivity contribution in [2.45, 2.75) is 38.9 Å². The van der Waals surface area contributed by atoms with Crippen molar-refractivity contribution in [3.05, 3.63) is 70.8 Å². The molecular formula is C22H30ClN7+2. The van der Waals surface area contributed by atoms with Gasteiger partial charge in [0.25, 0.3) is 0 Å². The number of aromatic nitrogens is 5. The van der Waals surface area contributed by atoms with E-state index < -0.39 is 0 Å². The van der Waals surface area contributed by atoms with E-state index in [1.807, 2.05) is 29.2 Å². The van der Waals surface area contributed by atoms with Crippen molar-refractivity contribution in [1.29, 1.82) is 0 Å². The van der Waals surface area contributed by atoms with Gasteiger partial charge in [-0.05, 0) is 55.5 Å². The largest absolute Gasteiger partial charge is 0.322 e. The van der Waals surface area contributed by atoms with E-state index in [1.54, 1.807) is 4.90 Å². The number of nitrogens with one attached hydrogen (secondary N) is 2. The molecule has 1 aliphatic rings. The summed E-state index contributed by atoms with van der Waals surface area (Å²) in [5, 5.41) is 13.6. The lowest BCUT2D eigenvalue weighted by atomic mass is 10.0. The molecule has 3 aromatic rings. The Morgan fingerprint density at radius 1 is 1.00 bits per heavy atom. The van der Waals surface area contributed by atoms with Gasteiger partial charge in [-0.1, -0.05) is 23.7 Å². The fourth-order valence-electron chi connectivity index (χ4n) is 4.25. The lowest BCUT2D eigenvalue weighted by Gasteiger charge is -2.35. The van der Waals surface area contributed by atoms with Crippen LogP contribution in [0, 0.1) is 0 Å². The monoisotopic (exact) mass is 427 g/mol. The van der Waals surface area contributed by atoms with Crippen LogP contribution in [0.5, 0.6) is 0 Å². The van der Waals surface area contributed by atoms with Crippen molar-refractivity contribution in [2.75, 3.05) is 26.2 Å². The van der Waals surface area contributed by atoms with Crippen molar-refractivity contribution in [3.8, 4) is 0 Å². The Kier molecular flexibility index (Phi) is 6.13. The van der Waals surface area contributed by atoms with E-state index in [9.17, 15) is 0 Å². The molecule has 0 saturated carbocycles. The van der Waals surface area contributed by atoms with Crippen molar-refractivity contribution in [2.24, 2.45) is 0 Å². The molecule has 158 valence electrons. The second-order valence-corrected chi connectivity index (χ2v) is 9.48. The number of pyridine rings is 1. The molecule has 0 unspecified atom stereocenters. The van der Waals surface area contributed by atoms with Gasteiger partial charge in [-0.2, -0.15) is 0 Å². The molecule has 7 nitrogen and oxygen atoms in total. The van der Waals surface area contributed by atoms with E-state index in [4.69, 9.17) is 11.6 Å². The SMILES string of the molecule is CC(C)(C)n1nnnc1[C@@H](c1ccc(Cl)cc1)[NH+]1CC[NH+](Cc2ccncc2)CC1. The smallest absolute Gasteiger partial charge is 0.214 e. The van der Waals surface area contributed by atoms with Crippen molar-refractivity contribution >= 4 is 11.6 Å². The van der Waals surface area contributed by atoms with Crippen LogP contribution in [0.15, 0.2) is 48.8 Å². The molecule has 1 saturated heterocycles. The highest BCUT2D eigenvalue weighted by Gasteiger charge is 2.37. The number of hydrogen-bond donors (Lipinski definition) is 2. The van der Waals surface area contributed by atoms with E-state index in [2.05, 4.69) is 65.5 Å². The third-order valence-corrected chi connectivity index (χ3v) is 6.05. The van der Waals surface area contributed by atoms with Crippen LogP contribution < -0.4 is 9.80 Å². The summed E-state index contributed by atoms with van der Waals surface area (Å²) in [5.41, 5.74) is 2.36. The number of benzene rings is 1. The number of hydrogen-bond acceptors (Lipinski definition) is 4. The molecule has 1 aliphatic heterocycles. The zero-order valence-electron chi connectivity index (χ0n) is 17.8. The summed E-state index contributed by atoms with van der Waals surface area (Å²) in [5.74, 6) is 0.914. The predicted octanol–water partition coefficient (Wildman–Crippen LogP) is 0.550. The van der Waals surface area contributed by atoms with Gasteiger partial charge in [0.2, 0.25) is 5.82 Å². The highest BCUT2D eigenvalue weighted by molar-refractivity contribution is 6.30. The molecule has 1 aromatic carbocycles. The maximum Gasteiger partial charge on any atom is 0.214 e. The zero-order chi connectivity index (χ0) is 21.1. The first-order chi connectivity index (χ1) is 14.4. The van der Waals surface area contributed by atoms with E-state index in [0.29, 0.717) is 0 Å². The molecule has 1 atom stereocenters. The fraction of sp³-hybridized carbons (Fsp3) is 0.455. The summed E-state index contributed by atoms with van der Waals surface area (Å²) < 4.78 is 1.97. The summed E-state index contributed by atoms with van der Waals surface area (Å²) in [7, 11) is 0. The Morgan fingerprint density at radius 3 is 2.30 bits per heavy atom. The van der Waals surface area contributed by atoms with Gasteiger partial charge in [0.05, 0.1) is 5.54 Å². The van der Waals surface area contributed by atoms with Crippen LogP contribution in [0.1, 0.15) is 43.8 Å². The number of piperazine rings is 1. The van der Waals surface area contributed by atoms with Crippen LogP contribution in [0.4, 0.5) is 0 Å². The quantitative estimate of drug-likeness (QED) is 0.624. The number of tetrazole rings is 1. The third kappa shape index (κ3) is 4.69. The van der Waals surface area contributed by atoms with E-state index in [-0.39, 0.29) is 11.6 Å². The molecular weight excluding hydrogens is 398 g/mol. The van der Waals surface area contributed by atoms with Gasteiger partial charge in [-0.15, -0.1) is 5.10 Å². The Morgan fingerprint density at radius 2 is 1.67 bits per heavy atom. The minimum absolute atomic E-state index is 0.0824. The molecule has 0 bridgehead atoms. The molecule has 2 N–H and O–H groups in total. The second kappa shape index (κ2) is 8.79. The lowest BCUT2D eigenvalue weighted by molar-refractivity contribution is -1.03. The first-order valence-corrected chi connectivity index (χ1v) is 10.9. The van der Waals surface area contributed by atoms with Crippen LogP contribution in [0.25, 0.3) is 0 Å². The van der Waals surface area contributed by atoms with Gasteiger partial charge < -0.3 is 9.80 Å². The molecule has 30 heavy (non-hydrogen) atoms. The molecule has 0 amide bonds. The van der Waals surface area contributed by atoms with Gasteiger partial charge in [0, 0.05) is 28.5 Å². The minimum atomic E-state index is -0.183. The molecule has 3 heterocycles. The van der Waals surface area contributed by atoms with E-state index in [1.165, 1.54) is 16.0 Å². The average molecular weight is 428 g/mol. The van der Waals surface area contributed by atoms with Gasteiger partial charge >= 0.3 is 0 Å². The van der Waals surface area contributed by atoms with Gasteiger partial charge in [0.1, 0.15) is 32.7 Å². The maximum absolute atomic E-state index is 6.17. The Bertz CT molecular complexity index is 942. The summed E-state index contributed by atoms with van der Waals surface area (Å²) in [6.07, 6.45) is 3.75. The summed E-state index contributed by atoms with van der Waals surface area (Å²) in [6, 6.07) is 12.4. The summed E-state index contributed by atoms with van der Waals surface area (Å²) >= 11 is 6.17. The van der Waals surface area contributed by atoms with Crippen molar-refractivity contribution in [3.63, 3.8) is 0 Å². The first kappa shape index (κ1) is 20.9.